The standard InChI is InChI=1S/C24H30N2O/c1-4-24(25-13-7-5-8-14-25)27-21-11-12-22(18(2)16-21)23-17-20-10-6-9-15-26(20)19(23)3/h6,9-12,15-17,24H,4-5,7-8,13-14H2,1-3H3. The molecule has 4 rings (SSSR count). The fourth-order valence-electron chi connectivity index (χ4n) is 4.33. The first-order valence-corrected chi connectivity index (χ1v) is 10.3. The topological polar surface area (TPSA) is 16.9 Å². The van der Waals surface area contributed by atoms with Crippen LogP contribution in [0.2, 0.25) is 0 Å². The van der Waals surface area contributed by atoms with Gasteiger partial charge in [-0.1, -0.05) is 25.5 Å². The third-order valence-corrected chi connectivity index (χ3v) is 5.84. The number of hydrogen-bond acceptors (Lipinski definition) is 2. The molecular weight excluding hydrogens is 332 g/mol. The molecule has 0 radical (unpaired) electrons. The van der Waals surface area contributed by atoms with E-state index in [4.69, 9.17) is 4.74 Å². The Morgan fingerprint density at radius 1 is 0.963 bits per heavy atom. The number of piperidine rings is 1. The second kappa shape index (κ2) is 7.77. The average molecular weight is 363 g/mol. The Balaban J connectivity index is 1.59. The molecule has 0 saturated carbocycles. The van der Waals surface area contributed by atoms with E-state index < -0.39 is 0 Å². The lowest BCUT2D eigenvalue weighted by atomic mass is 10.0. The molecule has 1 fully saturated rings. The van der Waals surface area contributed by atoms with Crippen molar-refractivity contribution in [1.29, 1.82) is 0 Å². The van der Waals surface area contributed by atoms with E-state index in [1.807, 2.05) is 0 Å². The van der Waals surface area contributed by atoms with Gasteiger partial charge in [0.25, 0.3) is 0 Å². The van der Waals surface area contributed by atoms with E-state index in [1.54, 1.807) is 0 Å². The molecule has 1 saturated heterocycles. The summed E-state index contributed by atoms with van der Waals surface area (Å²) in [6.07, 6.45) is 7.27. The Kier molecular flexibility index (Phi) is 5.22. The normalized spacial score (nSPS) is 16.6. The molecule has 1 atom stereocenters. The number of likely N-dealkylation sites (tertiary alicyclic amines) is 1. The monoisotopic (exact) mass is 362 g/mol. The number of aryl methyl sites for hydroxylation is 2. The number of hydrogen-bond donors (Lipinski definition) is 0. The molecule has 0 amide bonds. The quantitative estimate of drug-likeness (QED) is 0.568. The number of fused-ring (bicyclic) bond motifs is 1. The van der Waals surface area contributed by atoms with Gasteiger partial charge in [0.2, 0.25) is 0 Å². The molecular formula is C24H30N2O. The van der Waals surface area contributed by atoms with Crippen LogP contribution in [0.3, 0.4) is 0 Å². The summed E-state index contributed by atoms with van der Waals surface area (Å²) in [6, 6.07) is 15.2. The van der Waals surface area contributed by atoms with Crippen molar-refractivity contribution < 1.29 is 4.74 Å². The van der Waals surface area contributed by atoms with Crippen molar-refractivity contribution in [3.05, 3.63) is 59.9 Å². The summed E-state index contributed by atoms with van der Waals surface area (Å²) in [5.74, 6) is 0.982. The van der Waals surface area contributed by atoms with Crippen LogP contribution in [0.1, 0.15) is 43.9 Å². The van der Waals surface area contributed by atoms with Crippen LogP contribution in [-0.2, 0) is 0 Å². The molecule has 3 nitrogen and oxygen atoms in total. The molecule has 0 N–H and O–H groups in total. The van der Waals surface area contributed by atoms with Crippen molar-refractivity contribution in [2.45, 2.75) is 52.7 Å². The zero-order chi connectivity index (χ0) is 18.8. The maximum absolute atomic E-state index is 6.38. The van der Waals surface area contributed by atoms with E-state index in [9.17, 15) is 0 Å². The summed E-state index contributed by atoms with van der Waals surface area (Å²) in [7, 11) is 0. The van der Waals surface area contributed by atoms with Crippen LogP contribution in [0.25, 0.3) is 16.6 Å². The highest BCUT2D eigenvalue weighted by Crippen LogP contribution is 2.32. The van der Waals surface area contributed by atoms with E-state index in [0.717, 1.165) is 25.3 Å². The lowest BCUT2D eigenvalue weighted by molar-refractivity contribution is 0.00980. The van der Waals surface area contributed by atoms with E-state index in [0.29, 0.717) is 0 Å². The molecule has 3 heterocycles. The van der Waals surface area contributed by atoms with Gasteiger partial charge >= 0.3 is 0 Å². The van der Waals surface area contributed by atoms with Crippen molar-refractivity contribution in [2.75, 3.05) is 13.1 Å². The molecule has 1 aliphatic heterocycles. The number of pyridine rings is 1. The van der Waals surface area contributed by atoms with Crippen molar-refractivity contribution in [1.82, 2.24) is 9.30 Å². The summed E-state index contributed by atoms with van der Waals surface area (Å²) in [5, 5.41) is 0. The first kappa shape index (κ1) is 18.1. The maximum atomic E-state index is 6.38. The molecule has 0 bridgehead atoms. The molecule has 1 aliphatic rings. The first-order chi connectivity index (χ1) is 13.2. The Morgan fingerprint density at radius 2 is 1.78 bits per heavy atom. The largest absolute Gasteiger partial charge is 0.475 e. The fraction of sp³-hybridized carbons (Fsp3) is 0.417. The smallest absolute Gasteiger partial charge is 0.152 e. The number of benzene rings is 1. The van der Waals surface area contributed by atoms with Gasteiger partial charge in [-0.25, -0.2) is 0 Å². The predicted octanol–water partition coefficient (Wildman–Crippen LogP) is 5.82. The minimum Gasteiger partial charge on any atom is -0.475 e. The van der Waals surface area contributed by atoms with Crippen molar-refractivity contribution in [3.63, 3.8) is 0 Å². The van der Waals surface area contributed by atoms with Gasteiger partial charge in [0.05, 0.1) is 0 Å². The van der Waals surface area contributed by atoms with Crippen LogP contribution < -0.4 is 4.74 Å². The lowest BCUT2D eigenvalue weighted by Gasteiger charge is -2.34. The number of aromatic nitrogens is 1. The van der Waals surface area contributed by atoms with E-state index in [1.165, 1.54) is 47.2 Å². The molecule has 3 aromatic rings. The maximum Gasteiger partial charge on any atom is 0.152 e. The van der Waals surface area contributed by atoms with Crippen LogP contribution in [0.15, 0.2) is 48.7 Å². The Labute approximate surface area is 162 Å². The van der Waals surface area contributed by atoms with Crippen LogP contribution in [-0.4, -0.2) is 28.6 Å². The van der Waals surface area contributed by atoms with Gasteiger partial charge in [-0.3, -0.25) is 4.90 Å². The predicted molar refractivity (Wildman–Crippen MR) is 112 cm³/mol. The molecule has 27 heavy (non-hydrogen) atoms. The summed E-state index contributed by atoms with van der Waals surface area (Å²) < 4.78 is 8.64. The van der Waals surface area contributed by atoms with Crippen LogP contribution >= 0.6 is 0 Å². The molecule has 1 unspecified atom stereocenters. The lowest BCUT2D eigenvalue weighted by Crippen LogP contribution is -2.42. The average Bonchev–Trinajstić information content (AvgIpc) is 3.03. The minimum absolute atomic E-state index is 0.189. The molecule has 1 aromatic carbocycles. The molecule has 2 aromatic heterocycles. The summed E-state index contributed by atoms with van der Waals surface area (Å²) >= 11 is 0. The number of rotatable bonds is 5. The Bertz CT molecular complexity index is 921. The Hall–Kier alpha value is -2.26. The summed E-state index contributed by atoms with van der Waals surface area (Å²) in [4.78, 5) is 2.50. The molecule has 0 spiro atoms. The van der Waals surface area contributed by atoms with E-state index in [-0.39, 0.29) is 6.23 Å². The SMILES string of the molecule is CCC(Oc1ccc(-c2cc3ccccn3c2C)c(C)c1)N1CCCCC1. The van der Waals surface area contributed by atoms with E-state index in [2.05, 4.69) is 78.7 Å². The summed E-state index contributed by atoms with van der Waals surface area (Å²) in [5.41, 5.74) is 6.37. The van der Waals surface area contributed by atoms with Crippen molar-refractivity contribution in [2.24, 2.45) is 0 Å². The zero-order valence-electron chi connectivity index (χ0n) is 16.7. The second-order valence-corrected chi connectivity index (χ2v) is 7.69. The zero-order valence-corrected chi connectivity index (χ0v) is 16.7. The van der Waals surface area contributed by atoms with Crippen LogP contribution in [0, 0.1) is 13.8 Å². The minimum atomic E-state index is 0.189. The summed E-state index contributed by atoms with van der Waals surface area (Å²) in [6.45, 7) is 8.91. The highest BCUT2D eigenvalue weighted by Gasteiger charge is 2.21. The molecule has 3 heteroatoms. The van der Waals surface area contributed by atoms with Gasteiger partial charge in [-0.2, -0.15) is 0 Å². The van der Waals surface area contributed by atoms with Gasteiger partial charge in [0, 0.05) is 36.1 Å². The molecule has 142 valence electrons. The van der Waals surface area contributed by atoms with Gasteiger partial charge in [0.1, 0.15) is 5.75 Å². The third-order valence-electron chi connectivity index (χ3n) is 5.84. The fourth-order valence-corrected chi connectivity index (χ4v) is 4.33. The second-order valence-electron chi connectivity index (χ2n) is 7.69. The first-order valence-electron chi connectivity index (χ1n) is 10.3. The number of nitrogens with zero attached hydrogens (tertiary/aromatic N) is 2. The highest BCUT2D eigenvalue weighted by atomic mass is 16.5. The van der Waals surface area contributed by atoms with Gasteiger partial charge in [0.15, 0.2) is 6.23 Å². The number of ether oxygens (including phenoxy) is 1. The van der Waals surface area contributed by atoms with E-state index >= 15 is 0 Å². The van der Waals surface area contributed by atoms with Gasteiger partial charge in [-0.05, 0) is 74.6 Å². The highest BCUT2D eigenvalue weighted by molar-refractivity contribution is 5.76. The van der Waals surface area contributed by atoms with Crippen LogP contribution in [0.4, 0.5) is 0 Å². The van der Waals surface area contributed by atoms with Crippen molar-refractivity contribution >= 4 is 5.52 Å². The van der Waals surface area contributed by atoms with Crippen molar-refractivity contribution in [3.8, 4) is 16.9 Å². The van der Waals surface area contributed by atoms with Gasteiger partial charge in [-0.15, -0.1) is 0 Å². The van der Waals surface area contributed by atoms with Gasteiger partial charge < -0.3 is 9.14 Å². The van der Waals surface area contributed by atoms with Crippen LogP contribution in [0.5, 0.6) is 5.75 Å². The Morgan fingerprint density at radius 3 is 2.48 bits per heavy atom. The molecule has 0 aliphatic carbocycles. The third kappa shape index (κ3) is 3.61.